The van der Waals surface area contributed by atoms with Gasteiger partial charge in [-0.05, 0) is 23.8 Å². The highest BCUT2D eigenvalue weighted by atomic mass is 16.5. The molecule has 0 aliphatic carbocycles. The molecule has 5 heteroatoms. The number of carbonyl (C=O) groups excluding carboxylic acids is 3. The monoisotopic (exact) mass is 262 g/mol. The van der Waals surface area contributed by atoms with Crippen LogP contribution < -0.4 is 0 Å². The van der Waals surface area contributed by atoms with Crippen LogP contribution in [0.25, 0.3) is 6.08 Å². The third kappa shape index (κ3) is 4.75. The normalized spacial score (nSPS) is 10.2. The van der Waals surface area contributed by atoms with Gasteiger partial charge >= 0.3 is 11.9 Å². The molecule has 0 aliphatic rings. The first-order chi connectivity index (χ1) is 9.06. The van der Waals surface area contributed by atoms with Gasteiger partial charge in [0.2, 0.25) is 0 Å². The molecule has 5 nitrogen and oxygen atoms in total. The number of allylic oxidation sites excluding steroid dienone is 1. The number of carbonyl (C=O) groups is 3. The summed E-state index contributed by atoms with van der Waals surface area (Å²) in [6.07, 6.45) is 2.49. The predicted molar refractivity (Wildman–Crippen MR) is 68.5 cm³/mol. The molecule has 1 aromatic rings. The first-order valence-electron chi connectivity index (χ1n) is 5.53. The summed E-state index contributed by atoms with van der Waals surface area (Å²) in [5.74, 6) is -1.40. The second-order valence-corrected chi connectivity index (χ2v) is 3.67. The van der Waals surface area contributed by atoms with Gasteiger partial charge in [-0.1, -0.05) is 18.2 Å². The molecule has 0 radical (unpaired) electrons. The number of ketones is 1. The molecule has 0 aromatic heterocycles. The van der Waals surface area contributed by atoms with E-state index in [1.165, 1.54) is 26.4 Å². The molecular weight excluding hydrogens is 248 g/mol. The molecule has 1 rings (SSSR count). The van der Waals surface area contributed by atoms with Crippen molar-refractivity contribution in [3.63, 3.8) is 0 Å². The molecule has 0 bridgehead atoms. The van der Waals surface area contributed by atoms with Gasteiger partial charge < -0.3 is 9.47 Å². The standard InChI is InChI=1S/C14H14O5/c1-18-13(16)9-12(15)7-6-10-4-3-5-11(8-10)14(17)19-2/h3-8H,9H2,1-2H3. The predicted octanol–water partition coefficient (Wildman–Crippen LogP) is 1.62. The average Bonchev–Trinajstić information content (AvgIpc) is 2.44. The van der Waals surface area contributed by atoms with E-state index in [2.05, 4.69) is 9.47 Å². The number of esters is 2. The number of hydrogen-bond donors (Lipinski definition) is 0. The van der Waals surface area contributed by atoms with E-state index in [9.17, 15) is 14.4 Å². The average molecular weight is 262 g/mol. The molecule has 0 spiro atoms. The van der Waals surface area contributed by atoms with Crippen LogP contribution in [0.3, 0.4) is 0 Å². The minimum Gasteiger partial charge on any atom is -0.469 e. The maximum absolute atomic E-state index is 11.4. The van der Waals surface area contributed by atoms with Gasteiger partial charge in [0.05, 0.1) is 19.8 Å². The van der Waals surface area contributed by atoms with E-state index in [1.807, 2.05) is 0 Å². The first-order valence-corrected chi connectivity index (χ1v) is 5.53. The van der Waals surface area contributed by atoms with Gasteiger partial charge in [0, 0.05) is 0 Å². The summed E-state index contributed by atoms with van der Waals surface area (Å²) in [4.78, 5) is 33.6. The Morgan fingerprint density at radius 2 is 1.89 bits per heavy atom. The zero-order valence-corrected chi connectivity index (χ0v) is 10.7. The van der Waals surface area contributed by atoms with E-state index in [1.54, 1.807) is 24.3 Å². The van der Waals surface area contributed by atoms with Gasteiger partial charge in [-0.2, -0.15) is 0 Å². The quantitative estimate of drug-likeness (QED) is 0.458. The van der Waals surface area contributed by atoms with E-state index in [0.717, 1.165) is 0 Å². The highest BCUT2D eigenvalue weighted by Crippen LogP contribution is 2.08. The van der Waals surface area contributed by atoms with E-state index < -0.39 is 11.9 Å². The molecule has 0 atom stereocenters. The third-order valence-corrected chi connectivity index (χ3v) is 2.32. The van der Waals surface area contributed by atoms with Crippen LogP contribution in [0.1, 0.15) is 22.3 Å². The molecule has 100 valence electrons. The summed E-state index contributed by atoms with van der Waals surface area (Å²) < 4.78 is 8.98. The fourth-order valence-electron chi connectivity index (χ4n) is 1.35. The van der Waals surface area contributed by atoms with Crippen LogP contribution in [-0.2, 0) is 19.1 Å². The van der Waals surface area contributed by atoms with Gasteiger partial charge in [-0.15, -0.1) is 0 Å². The third-order valence-electron chi connectivity index (χ3n) is 2.32. The second-order valence-electron chi connectivity index (χ2n) is 3.67. The maximum Gasteiger partial charge on any atom is 0.337 e. The molecule has 19 heavy (non-hydrogen) atoms. The zero-order chi connectivity index (χ0) is 14.3. The summed E-state index contributed by atoms with van der Waals surface area (Å²) in [7, 11) is 2.52. The van der Waals surface area contributed by atoms with Crippen molar-refractivity contribution in [3.05, 3.63) is 41.5 Å². The lowest BCUT2D eigenvalue weighted by molar-refractivity contribution is -0.142. The van der Waals surface area contributed by atoms with Crippen LogP contribution in [0.5, 0.6) is 0 Å². The minimum absolute atomic E-state index is 0.302. The summed E-state index contributed by atoms with van der Waals surface area (Å²) in [5.41, 5.74) is 1.06. The van der Waals surface area contributed by atoms with Gasteiger partial charge in [0.1, 0.15) is 6.42 Å². The Kier molecular flexibility index (Phi) is 5.47. The Bertz CT molecular complexity index is 516. The number of hydrogen-bond acceptors (Lipinski definition) is 5. The van der Waals surface area contributed by atoms with Crippen LogP contribution in [0.4, 0.5) is 0 Å². The van der Waals surface area contributed by atoms with Crippen LogP contribution in [0.15, 0.2) is 30.3 Å². The molecule has 0 amide bonds. The van der Waals surface area contributed by atoms with Crippen LogP contribution in [-0.4, -0.2) is 31.9 Å². The molecule has 1 aromatic carbocycles. The Morgan fingerprint density at radius 3 is 2.53 bits per heavy atom. The molecule has 0 aliphatic heterocycles. The fourth-order valence-corrected chi connectivity index (χ4v) is 1.35. The van der Waals surface area contributed by atoms with Crippen molar-refractivity contribution in [2.24, 2.45) is 0 Å². The summed E-state index contributed by atoms with van der Waals surface area (Å²) in [6.45, 7) is 0. The van der Waals surface area contributed by atoms with Crippen molar-refractivity contribution >= 4 is 23.8 Å². The summed E-state index contributed by atoms with van der Waals surface area (Å²) in [6, 6.07) is 6.61. The van der Waals surface area contributed by atoms with E-state index in [-0.39, 0.29) is 12.2 Å². The summed E-state index contributed by atoms with van der Waals surface area (Å²) in [5, 5.41) is 0. The van der Waals surface area contributed by atoms with Crippen LogP contribution >= 0.6 is 0 Å². The van der Waals surface area contributed by atoms with E-state index in [4.69, 9.17) is 0 Å². The Balaban J connectivity index is 2.74. The van der Waals surface area contributed by atoms with E-state index in [0.29, 0.717) is 11.1 Å². The molecule has 0 unspecified atom stereocenters. The Morgan fingerprint density at radius 1 is 1.16 bits per heavy atom. The number of ether oxygens (including phenoxy) is 2. The smallest absolute Gasteiger partial charge is 0.337 e. The first kappa shape index (κ1) is 14.6. The summed E-state index contributed by atoms with van der Waals surface area (Å²) >= 11 is 0. The minimum atomic E-state index is -0.585. The number of benzene rings is 1. The van der Waals surface area contributed by atoms with Gasteiger partial charge in [-0.25, -0.2) is 4.79 Å². The van der Waals surface area contributed by atoms with Gasteiger partial charge in [0.15, 0.2) is 5.78 Å². The van der Waals surface area contributed by atoms with Crippen molar-refractivity contribution in [2.75, 3.05) is 14.2 Å². The molecular formula is C14H14O5. The van der Waals surface area contributed by atoms with E-state index >= 15 is 0 Å². The fraction of sp³-hybridized carbons (Fsp3) is 0.214. The van der Waals surface area contributed by atoms with Crippen LogP contribution in [0.2, 0.25) is 0 Å². The lowest BCUT2D eigenvalue weighted by Gasteiger charge is -2.00. The van der Waals surface area contributed by atoms with Crippen LogP contribution in [0, 0.1) is 0 Å². The topological polar surface area (TPSA) is 69.7 Å². The Hall–Kier alpha value is -2.43. The molecule has 0 heterocycles. The molecule has 0 N–H and O–H groups in total. The number of rotatable bonds is 5. The SMILES string of the molecule is COC(=O)CC(=O)C=Cc1cccc(C(=O)OC)c1. The largest absolute Gasteiger partial charge is 0.469 e. The lowest BCUT2D eigenvalue weighted by atomic mass is 10.1. The molecule has 0 saturated heterocycles. The number of methoxy groups -OCH3 is 2. The van der Waals surface area contributed by atoms with Gasteiger partial charge in [-0.3, -0.25) is 9.59 Å². The molecule has 0 saturated carbocycles. The second kappa shape index (κ2) is 7.10. The Labute approximate surface area is 110 Å². The lowest BCUT2D eigenvalue weighted by Crippen LogP contribution is -2.06. The maximum atomic E-state index is 11.4. The van der Waals surface area contributed by atoms with Crippen molar-refractivity contribution in [2.45, 2.75) is 6.42 Å². The van der Waals surface area contributed by atoms with Crippen molar-refractivity contribution in [3.8, 4) is 0 Å². The zero-order valence-electron chi connectivity index (χ0n) is 10.7. The van der Waals surface area contributed by atoms with Crippen molar-refractivity contribution in [1.82, 2.24) is 0 Å². The highest BCUT2D eigenvalue weighted by Gasteiger charge is 2.07. The highest BCUT2D eigenvalue weighted by molar-refractivity contribution is 6.04. The van der Waals surface area contributed by atoms with Crippen molar-refractivity contribution in [1.29, 1.82) is 0 Å². The van der Waals surface area contributed by atoms with Gasteiger partial charge in [0.25, 0.3) is 0 Å². The van der Waals surface area contributed by atoms with Crippen molar-refractivity contribution < 1.29 is 23.9 Å². The molecule has 0 fully saturated rings.